The van der Waals surface area contributed by atoms with Crippen molar-refractivity contribution in [1.29, 1.82) is 0 Å². The number of carbonyl (C=O) groups is 3. The molecule has 0 aliphatic carbocycles. The van der Waals surface area contributed by atoms with Gasteiger partial charge in [0.2, 0.25) is 0 Å². The molecule has 0 bridgehead atoms. The maximum atomic E-state index is 15.1. The summed E-state index contributed by atoms with van der Waals surface area (Å²) in [4.78, 5) is 41.4. The van der Waals surface area contributed by atoms with E-state index in [-0.39, 0.29) is 37.1 Å². The van der Waals surface area contributed by atoms with E-state index in [0.717, 1.165) is 4.90 Å². The molecular weight excluding hydrogens is 545 g/mol. The zero-order chi connectivity index (χ0) is 29.6. The first-order valence-electron chi connectivity index (χ1n) is 13.5. The fourth-order valence-electron chi connectivity index (χ4n) is 4.83. The van der Waals surface area contributed by atoms with Crippen LogP contribution in [0.1, 0.15) is 36.7 Å². The summed E-state index contributed by atoms with van der Waals surface area (Å²) in [7, 11) is 0. The number of ketones is 1. The number of amides is 1. The number of nitrogens with zero attached hydrogens (tertiary/aromatic N) is 1. The molecule has 1 heterocycles. The lowest BCUT2D eigenvalue weighted by molar-refractivity contribution is -0.158. The number of para-hydroxylation sites is 1. The Balaban J connectivity index is 1.54. The molecule has 41 heavy (non-hydrogen) atoms. The van der Waals surface area contributed by atoms with Crippen molar-refractivity contribution in [2.24, 2.45) is 11.8 Å². The molecule has 7 nitrogen and oxygen atoms in total. The second kappa shape index (κ2) is 13.2. The van der Waals surface area contributed by atoms with Gasteiger partial charge in [-0.15, -0.1) is 11.8 Å². The van der Waals surface area contributed by atoms with Gasteiger partial charge in [-0.25, -0.2) is 14.0 Å². The Kier molecular flexibility index (Phi) is 9.70. The molecule has 1 aliphatic heterocycles. The number of likely N-dealkylation sites (tertiary alicyclic amines) is 1. The molecule has 1 amide bonds. The molecule has 3 aromatic rings. The summed E-state index contributed by atoms with van der Waals surface area (Å²) in [5.74, 6) is -1.73. The average Bonchev–Trinajstić information content (AvgIpc) is 3.38. The first kappa shape index (κ1) is 30.1. The molecule has 0 N–H and O–H groups in total. The van der Waals surface area contributed by atoms with Gasteiger partial charge in [-0.3, -0.25) is 4.79 Å². The van der Waals surface area contributed by atoms with Crippen molar-refractivity contribution in [2.45, 2.75) is 37.7 Å². The molecular formula is C32H34FNO6S. The van der Waals surface area contributed by atoms with Gasteiger partial charge in [-0.05, 0) is 81.3 Å². The predicted octanol–water partition coefficient (Wildman–Crippen LogP) is 6.44. The second-order valence-corrected chi connectivity index (χ2v) is 11.2. The maximum absolute atomic E-state index is 15.1. The number of benzene rings is 3. The molecule has 1 unspecified atom stereocenters. The smallest absolute Gasteiger partial charge is 0.415 e. The van der Waals surface area contributed by atoms with Gasteiger partial charge in [0, 0.05) is 29.5 Å². The molecule has 2 atom stereocenters. The van der Waals surface area contributed by atoms with Crippen LogP contribution in [-0.2, 0) is 16.0 Å². The van der Waals surface area contributed by atoms with Gasteiger partial charge in [0.05, 0.1) is 6.61 Å². The summed E-state index contributed by atoms with van der Waals surface area (Å²) >= 11 is 1.59. The highest BCUT2D eigenvalue weighted by atomic mass is 32.2. The second-order valence-electron chi connectivity index (χ2n) is 10.3. The fraction of sp³-hybridized carbons (Fsp3) is 0.344. The summed E-state index contributed by atoms with van der Waals surface area (Å²) < 4.78 is 31.3. The van der Waals surface area contributed by atoms with E-state index >= 15 is 4.39 Å². The molecule has 1 aliphatic rings. The zero-order valence-corrected chi connectivity index (χ0v) is 24.4. The average molecular weight is 580 g/mol. The topological polar surface area (TPSA) is 82.1 Å². The van der Waals surface area contributed by atoms with Gasteiger partial charge in [-0.2, -0.15) is 0 Å². The highest BCUT2D eigenvalue weighted by molar-refractivity contribution is 7.98. The summed E-state index contributed by atoms with van der Waals surface area (Å²) in [6.07, 6.45) is 1.78. The van der Waals surface area contributed by atoms with Crippen LogP contribution in [0.4, 0.5) is 9.18 Å². The molecule has 1 fully saturated rings. The Morgan fingerprint density at radius 1 is 1.00 bits per heavy atom. The van der Waals surface area contributed by atoms with E-state index in [1.165, 1.54) is 30.9 Å². The SMILES string of the molecule is CCOC(=O)C(C)(C)Oc1ccc(C[C@H]2CN(C(=O)Oc3ccccc3)CC2C(=O)c2ccc(SC)cc2)cc1F. The van der Waals surface area contributed by atoms with Crippen LogP contribution >= 0.6 is 11.8 Å². The largest absolute Gasteiger partial charge is 0.473 e. The third kappa shape index (κ3) is 7.47. The summed E-state index contributed by atoms with van der Waals surface area (Å²) in [5.41, 5.74) is -0.165. The first-order valence-corrected chi connectivity index (χ1v) is 14.7. The van der Waals surface area contributed by atoms with E-state index in [2.05, 4.69) is 0 Å². The van der Waals surface area contributed by atoms with Crippen molar-refractivity contribution in [3.8, 4) is 11.5 Å². The Labute approximate surface area is 244 Å². The molecule has 1 saturated heterocycles. The summed E-state index contributed by atoms with van der Waals surface area (Å²) in [6.45, 7) is 5.37. The minimum absolute atomic E-state index is 0.0747. The fourth-order valence-corrected chi connectivity index (χ4v) is 5.23. The van der Waals surface area contributed by atoms with Crippen LogP contribution in [-0.4, -0.2) is 54.3 Å². The number of Topliss-reactive ketones (excluding diaryl/α,β-unsaturated/α-hetero) is 1. The van der Waals surface area contributed by atoms with Crippen LogP contribution in [0.3, 0.4) is 0 Å². The molecule has 216 valence electrons. The number of halogens is 1. The van der Waals surface area contributed by atoms with Gasteiger partial charge >= 0.3 is 12.1 Å². The Hall–Kier alpha value is -3.85. The molecule has 9 heteroatoms. The third-order valence-electron chi connectivity index (χ3n) is 6.99. The molecule has 4 rings (SSSR count). The van der Waals surface area contributed by atoms with Crippen molar-refractivity contribution < 1.29 is 33.0 Å². The van der Waals surface area contributed by atoms with Crippen molar-refractivity contribution in [2.75, 3.05) is 26.0 Å². The maximum Gasteiger partial charge on any atom is 0.415 e. The lowest BCUT2D eigenvalue weighted by Gasteiger charge is -2.24. The van der Waals surface area contributed by atoms with E-state index in [0.29, 0.717) is 23.3 Å². The van der Waals surface area contributed by atoms with Crippen LogP contribution < -0.4 is 9.47 Å². The van der Waals surface area contributed by atoms with E-state index in [9.17, 15) is 14.4 Å². The van der Waals surface area contributed by atoms with Crippen molar-refractivity contribution >= 4 is 29.6 Å². The minimum Gasteiger partial charge on any atom is -0.473 e. The number of carbonyl (C=O) groups excluding carboxylic acids is 3. The molecule has 3 aromatic carbocycles. The van der Waals surface area contributed by atoms with E-state index in [1.807, 2.05) is 24.5 Å². The summed E-state index contributed by atoms with van der Waals surface area (Å²) in [6, 6.07) is 20.7. The summed E-state index contributed by atoms with van der Waals surface area (Å²) in [5, 5.41) is 0. The Morgan fingerprint density at radius 3 is 2.34 bits per heavy atom. The highest BCUT2D eigenvalue weighted by Crippen LogP contribution is 2.33. The zero-order valence-electron chi connectivity index (χ0n) is 23.6. The lowest BCUT2D eigenvalue weighted by atomic mass is 9.84. The van der Waals surface area contributed by atoms with E-state index in [4.69, 9.17) is 14.2 Å². The van der Waals surface area contributed by atoms with Gasteiger partial charge in [-0.1, -0.05) is 36.4 Å². The number of hydrogen-bond acceptors (Lipinski definition) is 7. The highest BCUT2D eigenvalue weighted by Gasteiger charge is 2.41. The first-order chi connectivity index (χ1) is 19.6. The van der Waals surface area contributed by atoms with Gasteiger partial charge < -0.3 is 19.1 Å². The van der Waals surface area contributed by atoms with Crippen LogP contribution in [0.15, 0.2) is 77.7 Å². The molecule has 0 aromatic heterocycles. The predicted molar refractivity (Wildman–Crippen MR) is 155 cm³/mol. The molecule has 0 spiro atoms. The number of hydrogen-bond donors (Lipinski definition) is 0. The van der Waals surface area contributed by atoms with Crippen LogP contribution in [0.2, 0.25) is 0 Å². The van der Waals surface area contributed by atoms with Crippen molar-refractivity contribution in [3.63, 3.8) is 0 Å². The number of esters is 1. The molecule has 0 saturated carbocycles. The van der Waals surface area contributed by atoms with Crippen molar-refractivity contribution in [1.82, 2.24) is 4.90 Å². The van der Waals surface area contributed by atoms with Crippen molar-refractivity contribution in [3.05, 3.63) is 89.7 Å². The monoisotopic (exact) mass is 579 g/mol. The van der Waals surface area contributed by atoms with E-state index < -0.39 is 29.4 Å². The minimum atomic E-state index is -1.37. The van der Waals surface area contributed by atoms with Crippen LogP contribution in [0.5, 0.6) is 11.5 Å². The van der Waals surface area contributed by atoms with Gasteiger partial charge in [0.15, 0.2) is 23.0 Å². The quantitative estimate of drug-likeness (QED) is 0.155. The van der Waals surface area contributed by atoms with E-state index in [1.54, 1.807) is 61.2 Å². The number of rotatable bonds is 10. The Morgan fingerprint density at radius 2 is 1.71 bits per heavy atom. The Bertz CT molecular complexity index is 1380. The standard InChI is InChI=1S/C32H34FNO6S/c1-5-38-30(36)32(2,3)40-28-16-11-21(18-27(28)33)17-23-19-34(31(37)39-24-9-7-6-8-10-24)20-26(23)29(35)22-12-14-25(41-4)15-13-22/h6-16,18,23,26H,5,17,19-20H2,1-4H3/t23-,26?/m0/s1. The van der Waals surface area contributed by atoms with Crippen LogP contribution in [0, 0.1) is 17.7 Å². The van der Waals surface area contributed by atoms with Crippen LogP contribution in [0.25, 0.3) is 0 Å². The molecule has 0 radical (unpaired) electrons. The number of ether oxygens (including phenoxy) is 3. The third-order valence-corrected chi connectivity index (χ3v) is 7.73. The number of thioether (sulfide) groups is 1. The lowest BCUT2D eigenvalue weighted by Crippen LogP contribution is -2.40. The normalized spacial score (nSPS) is 16.8. The van der Waals surface area contributed by atoms with Gasteiger partial charge in [0.1, 0.15) is 5.75 Å². The van der Waals surface area contributed by atoms with Gasteiger partial charge in [0.25, 0.3) is 0 Å².